The molecule has 0 aliphatic carbocycles. The first-order chi connectivity index (χ1) is 15.4. The number of hydrogen-bond donors (Lipinski definition) is 2. The topological polar surface area (TPSA) is 88.2 Å². The molecule has 0 radical (unpaired) electrons. The van der Waals surface area contributed by atoms with Gasteiger partial charge in [0.25, 0.3) is 0 Å². The fraction of sp³-hybridized carbons (Fsp3) is 0.304. The highest BCUT2D eigenvalue weighted by Crippen LogP contribution is 2.31. The molecule has 1 saturated heterocycles. The number of thiazole rings is 1. The Morgan fingerprint density at radius 1 is 1.16 bits per heavy atom. The van der Waals surface area contributed by atoms with E-state index in [9.17, 15) is 17.6 Å². The zero-order chi connectivity index (χ0) is 22.7. The summed E-state index contributed by atoms with van der Waals surface area (Å²) in [6.45, 7) is 3.31. The quantitative estimate of drug-likeness (QED) is 0.398. The van der Waals surface area contributed by atoms with Crippen LogP contribution in [0.3, 0.4) is 0 Å². The predicted octanol–water partition coefficient (Wildman–Crippen LogP) is 4.03. The molecule has 168 valence electrons. The number of benzene rings is 2. The van der Waals surface area contributed by atoms with Gasteiger partial charge in [0.2, 0.25) is 5.78 Å². The molecule has 0 saturated carbocycles. The summed E-state index contributed by atoms with van der Waals surface area (Å²) in [5, 5.41) is 5.78. The molecule has 0 bridgehead atoms. The molecule has 1 fully saturated rings. The minimum atomic E-state index is -3.81. The lowest BCUT2D eigenvalue weighted by Gasteiger charge is -2.31. The van der Waals surface area contributed by atoms with E-state index >= 15 is 0 Å². The predicted molar refractivity (Wildman–Crippen MR) is 123 cm³/mol. The largest absolute Gasteiger partial charge is 0.345 e. The summed E-state index contributed by atoms with van der Waals surface area (Å²) in [4.78, 5) is 17.7. The average Bonchev–Trinajstić information content (AvgIpc) is 3.27. The Morgan fingerprint density at radius 3 is 2.53 bits per heavy atom. The standard InChI is InChI=1S/C23H24FN3O3S2/c1-15-4-2-3-5-19(15)21(28)20-14-26-23(31-20)27-22(16-10-12-25-13-11-16)32(29,30)18-8-6-17(24)7-9-18/h2-9,14,16,22,25H,10-13H2,1H3,(H,26,27). The molecule has 32 heavy (non-hydrogen) atoms. The number of nitrogens with one attached hydrogen (secondary N) is 2. The fourth-order valence-electron chi connectivity index (χ4n) is 3.89. The summed E-state index contributed by atoms with van der Waals surface area (Å²) in [7, 11) is -3.81. The highest BCUT2D eigenvalue weighted by Gasteiger charge is 2.36. The molecule has 2 heterocycles. The third-order valence-electron chi connectivity index (χ3n) is 5.67. The van der Waals surface area contributed by atoms with Gasteiger partial charge in [0, 0.05) is 5.56 Å². The molecule has 0 spiro atoms. The van der Waals surface area contributed by atoms with E-state index in [1.807, 2.05) is 25.1 Å². The molecule has 9 heteroatoms. The minimum absolute atomic E-state index is 0.0581. The summed E-state index contributed by atoms with van der Waals surface area (Å²) in [6.07, 6.45) is 2.84. The molecule has 1 unspecified atom stereocenters. The van der Waals surface area contributed by atoms with E-state index in [-0.39, 0.29) is 16.6 Å². The number of piperidine rings is 1. The maximum absolute atomic E-state index is 13.5. The van der Waals surface area contributed by atoms with E-state index in [1.54, 1.807) is 6.07 Å². The number of aryl methyl sites for hydroxylation is 1. The summed E-state index contributed by atoms with van der Waals surface area (Å²) in [6, 6.07) is 12.2. The third-order valence-corrected chi connectivity index (χ3v) is 8.70. The van der Waals surface area contributed by atoms with Gasteiger partial charge in [-0.2, -0.15) is 0 Å². The number of ketones is 1. The molecule has 1 aromatic heterocycles. The number of anilines is 1. The summed E-state index contributed by atoms with van der Waals surface area (Å²) in [5.74, 6) is -0.784. The smallest absolute Gasteiger partial charge is 0.204 e. The van der Waals surface area contributed by atoms with Crippen molar-refractivity contribution in [3.63, 3.8) is 0 Å². The number of halogens is 1. The van der Waals surface area contributed by atoms with Crippen molar-refractivity contribution in [2.75, 3.05) is 18.4 Å². The Morgan fingerprint density at radius 2 is 1.84 bits per heavy atom. The Kier molecular flexibility index (Phi) is 6.68. The molecule has 1 aliphatic rings. The number of carbonyl (C=O) groups excluding carboxylic acids is 1. The summed E-state index contributed by atoms with van der Waals surface area (Å²) < 4.78 is 40.3. The van der Waals surface area contributed by atoms with Crippen LogP contribution >= 0.6 is 11.3 Å². The number of rotatable bonds is 7. The van der Waals surface area contributed by atoms with Gasteiger partial charge in [-0.3, -0.25) is 4.79 Å². The van der Waals surface area contributed by atoms with Gasteiger partial charge in [-0.15, -0.1) is 0 Å². The van der Waals surface area contributed by atoms with Gasteiger partial charge in [0.05, 0.1) is 16.0 Å². The zero-order valence-electron chi connectivity index (χ0n) is 17.5. The lowest BCUT2D eigenvalue weighted by Crippen LogP contribution is -2.42. The first kappa shape index (κ1) is 22.6. The van der Waals surface area contributed by atoms with E-state index in [0.717, 1.165) is 42.1 Å². The first-order valence-electron chi connectivity index (χ1n) is 10.4. The molecule has 4 rings (SSSR count). The normalized spacial score (nSPS) is 15.9. The zero-order valence-corrected chi connectivity index (χ0v) is 19.2. The van der Waals surface area contributed by atoms with E-state index in [0.29, 0.717) is 28.4 Å². The van der Waals surface area contributed by atoms with Crippen molar-refractivity contribution in [2.24, 2.45) is 5.92 Å². The van der Waals surface area contributed by atoms with Crippen molar-refractivity contribution in [1.29, 1.82) is 0 Å². The van der Waals surface area contributed by atoms with Crippen LogP contribution in [0.1, 0.15) is 33.6 Å². The Hall–Kier alpha value is -2.62. The van der Waals surface area contributed by atoms with Crippen molar-refractivity contribution in [3.05, 3.63) is 76.5 Å². The summed E-state index contributed by atoms with van der Waals surface area (Å²) in [5.41, 5.74) is 1.46. The second kappa shape index (κ2) is 9.48. The number of carbonyl (C=O) groups is 1. The lowest BCUT2D eigenvalue weighted by atomic mass is 9.98. The Bertz CT molecular complexity index is 1200. The Labute approximate surface area is 190 Å². The maximum Gasteiger partial charge on any atom is 0.204 e. The van der Waals surface area contributed by atoms with Gasteiger partial charge in [0.1, 0.15) is 11.2 Å². The maximum atomic E-state index is 13.5. The van der Waals surface area contributed by atoms with Crippen molar-refractivity contribution in [1.82, 2.24) is 10.3 Å². The van der Waals surface area contributed by atoms with Crippen molar-refractivity contribution in [3.8, 4) is 0 Å². The molecular formula is C23H24FN3O3S2. The van der Waals surface area contributed by atoms with Gasteiger partial charge >= 0.3 is 0 Å². The van der Waals surface area contributed by atoms with Crippen molar-refractivity contribution >= 4 is 32.1 Å². The molecule has 0 amide bonds. The number of sulfone groups is 1. The SMILES string of the molecule is Cc1ccccc1C(=O)c1cnc(NC(C2CCNCC2)S(=O)(=O)c2ccc(F)cc2)s1. The van der Waals surface area contributed by atoms with Crippen LogP contribution in [0, 0.1) is 18.7 Å². The van der Waals surface area contributed by atoms with E-state index in [4.69, 9.17) is 0 Å². The number of hydrogen-bond acceptors (Lipinski definition) is 7. The molecule has 1 aliphatic heterocycles. The molecule has 6 nitrogen and oxygen atoms in total. The molecular weight excluding hydrogens is 449 g/mol. The van der Waals surface area contributed by atoms with Gasteiger partial charge in [-0.05, 0) is 68.6 Å². The molecule has 2 aromatic carbocycles. The number of nitrogens with zero attached hydrogens (tertiary/aromatic N) is 1. The lowest BCUT2D eigenvalue weighted by molar-refractivity contribution is 0.104. The second-order valence-electron chi connectivity index (χ2n) is 7.83. The average molecular weight is 474 g/mol. The van der Waals surface area contributed by atoms with Crippen LogP contribution in [-0.4, -0.2) is 37.6 Å². The van der Waals surface area contributed by atoms with Gasteiger partial charge < -0.3 is 10.6 Å². The van der Waals surface area contributed by atoms with Crippen LogP contribution in [0.5, 0.6) is 0 Å². The minimum Gasteiger partial charge on any atom is -0.345 e. The number of aromatic nitrogens is 1. The molecule has 3 aromatic rings. The van der Waals surface area contributed by atoms with Crippen molar-refractivity contribution in [2.45, 2.75) is 30.0 Å². The van der Waals surface area contributed by atoms with Crippen LogP contribution in [0.4, 0.5) is 9.52 Å². The van der Waals surface area contributed by atoms with E-state index < -0.39 is 21.0 Å². The second-order valence-corrected chi connectivity index (χ2v) is 10.9. The fourth-order valence-corrected chi connectivity index (χ4v) is 6.63. The highest BCUT2D eigenvalue weighted by atomic mass is 32.2. The van der Waals surface area contributed by atoms with Crippen LogP contribution in [-0.2, 0) is 9.84 Å². The van der Waals surface area contributed by atoms with Crippen LogP contribution in [0.2, 0.25) is 0 Å². The van der Waals surface area contributed by atoms with E-state index in [2.05, 4.69) is 15.6 Å². The van der Waals surface area contributed by atoms with Crippen LogP contribution in [0.15, 0.2) is 59.6 Å². The van der Waals surface area contributed by atoms with Crippen LogP contribution in [0.25, 0.3) is 0 Å². The van der Waals surface area contributed by atoms with E-state index in [1.165, 1.54) is 18.3 Å². The molecule has 2 N–H and O–H groups in total. The summed E-state index contributed by atoms with van der Waals surface area (Å²) >= 11 is 1.14. The van der Waals surface area contributed by atoms with Crippen molar-refractivity contribution < 1.29 is 17.6 Å². The van der Waals surface area contributed by atoms with Crippen LogP contribution < -0.4 is 10.6 Å². The van der Waals surface area contributed by atoms with Gasteiger partial charge in [0.15, 0.2) is 15.0 Å². The monoisotopic (exact) mass is 473 g/mol. The van der Waals surface area contributed by atoms with Gasteiger partial charge in [-0.1, -0.05) is 35.6 Å². The molecule has 1 atom stereocenters. The highest BCUT2D eigenvalue weighted by molar-refractivity contribution is 7.92. The third kappa shape index (κ3) is 4.74. The Balaban J connectivity index is 1.63. The first-order valence-corrected chi connectivity index (χ1v) is 12.8. The van der Waals surface area contributed by atoms with Gasteiger partial charge in [-0.25, -0.2) is 17.8 Å².